The Bertz CT molecular complexity index is 853. The minimum atomic E-state index is -2.47. The zero-order chi connectivity index (χ0) is 17.8. The first-order chi connectivity index (χ1) is 12.0. The van der Waals surface area contributed by atoms with Gasteiger partial charge >= 0.3 is 0 Å². The lowest BCUT2D eigenvalue weighted by Gasteiger charge is -2.12. The summed E-state index contributed by atoms with van der Waals surface area (Å²) < 4.78 is 24.6. The van der Waals surface area contributed by atoms with Gasteiger partial charge in [-0.15, -0.1) is 22.7 Å². The highest BCUT2D eigenvalue weighted by Crippen LogP contribution is 2.27. The number of carbonyl (C=O) groups is 1. The van der Waals surface area contributed by atoms with Crippen LogP contribution in [0, 0.1) is 0 Å². The zero-order valence-corrected chi connectivity index (χ0v) is 14.7. The molecule has 1 amide bonds. The van der Waals surface area contributed by atoms with Crippen molar-refractivity contribution in [3.8, 4) is 11.4 Å². The van der Waals surface area contributed by atoms with E-state index in [0.29, 0.717) is 27.2 Å². The molecule has 0 atom stereocenters. The molecule has 0 aliphatic carbocycles. The number of nitrogens with zero attached hydrogens (tertiary/aromatic N) is 4. The standard InChI is InChI=1S/C15H13F2N5OS2/c1-22(14(23)11-3-2-4-24-11)15-21-10(7-25-15)9-5-13(20-8-19-9)18-6-12(16)17/h2-5,7-8,12H,6H2,1H3,(H,18,19,20). The van der Waals surface area contributed by atoms with E-state index in [4.69, 9.17) is 0 Å². The Labute approximate surface area is 150 Å². The molecule has 0 spiro atoms. The number of anilines is 2. The maximum Gasteiger partial charge on any atom is 0.269 e. The summed E-state index contributed by atoms with van der Waals surface area (Å²) in [6, 6.07) is 5.11. The van der Waals surface area contributed by atoms with Crippen molar-refractivity contribution >= 4 is 39.5 Å². The largest absolute Gasteiger partial charge is 0.364 e. The lowest BCUT2D eigenvalue weighted by Crippen LogP contribution is -2.25. The highest BCUT2D eigenvalue weighted by atomic mass is 32.1. The SMILES string of the molecule is CN(C(=O)c1cccs1)c1nc(-c2cc(NCC(F)F)ncn2)cs1. The van der Waals surface area contributed by atoms with E-state index in [1.165, 1.54) is 33.9 Å². The average Bonchev–Trinajstić information content (AvgIpc) is 3.30. The number of halogens is 2. The summed E-state index contributed by atoms with van der Waals surface area (Å²) in [5.74, 6) is 0.153. The van der Waals surface area contributed by atoms with Crippen LogP contribution in [0.4, 0.5) is 19.7 Å². The Kier molecular flexibility index (Phi) is 5.29. The van der Waals surface area contributed by atoms with Crippen molar-refractivity contribution in [2.45, 2.75) is 6.43 Å². The van der Waals surface area contributed by atoms with Crippen molar-refractivity contribution in [2.24, 2.45) is 0 Å². The number of nitrogens with one attached hydrogen (secondary N) is 1. The molecule has 130 valence electrons. The smallest absolute Gasteiger partial charge is 0.269 e. The van der Waals surface area contributed by atoms with Crippen LogP contribution in [-0.4, -0.2) is 40.9 Å². The molecule has 3 heterocycles. The van der Waals surface area contributed by atoms with Gasteiger partial charge in [-0.3, -0.25) is 9.69 Å². The van der Waals surface area contributed by atoms with Gasteiger partial charge in [0.1, 0.15) is 17.8 Å². The molecule has 3 rings (SSSR count). The number of hydrogen-bond acceptors (Lipinski definition) is 7. The fourth-order valence-corrected chi connectivity index (χ4v) is 3.45. The van der Waals surface area contributed by atoms with E-state index in [-0.39, 0.29) is 5.91 Å². The lowest BCUT2D eigenvalue weighted by atomic mass is 10.3. The van der Waals surface area contributed by atoms with Crippen molar-refractivity contribution in [3.05, 3.63) is 40.2 Å². The van der Waals surface area contributed by atoms with Crippen molar-refractivity contribution in [1.82, 2.24) is 15.0 Å². The van der Waals surface area contributed by atoms with Gasteiger partial charge in [0.15, 0.2) is 5.13 Å². The molecule has 3 aromatic rings. The van der Waals surface area contributed by atoms with Crippen molar-refractivity contribution in [2.75, 3.05) is 23.8 Å². The van der Waals surface area contributed by atoms with Gasteiger partial charge < -0.3 is 5.32 Å². The molecule has 10 heteroatoms. The van der Waals surface area contributed by atoms with Crippen molar-refractivity contribution < 1.29 is 13.6 Å². The fraction of sp³-hybridized carbons (Fsp3) is 0.200. The van der Waals surface area contributed by atoms with Crippen LogP contribution >= 0.6 is 22.7 Å². The number of hydrogen-bond donors (Lipinski definition) is 1. The van der Waals surface area contributed by atoms with E-state index in [2.05, 4.69) is 20.3 Å². The summed E-state index contributed by atoms with van der Waals surface area (Å²) in [5, 5.41) is 6.65. The molecule has 0 saturated heterocycles. The predicted octanol–water partition coefficient (Wildman–Crippen LogP) is 3.62. The maximum absolute atomic E-state index is 12.4. The van der Waals surface area contributed by atoms with E-state index in [1.807, 2.05) is 11.4 Å². The highest BCUT2D eigenvalue weighted by Gasteiger charge is 2.18. The molecular weight excluding hydrogens is 368 g/mol. The summed E-state index contributed by atoms with van der Waals surface area (Å²) >= 11 is 2.66. The minimum absolute atomic E-state index is 0.141. The number of aromatic nitrogens is 3. The van der Waals surface area contributed by atoms with E-state index in [9.17, 15) is 13.6 Å². The molecule has 0 bridgehead atoms. The van der Waals surface area contributed by atoms with Crippen LogP contribution in [0.2, 0.25) is 0 Å². The van der Waals surface area contributed by atoms with Crippen LogP contribution < -0.4 is 10.2 Å². The van der Waals surface area contributed by atoms with E-state index in [0.717, 1.165) is 0 Å². The number of thiophene rings is 1. The van der Waals surface area contributed by atoms with Crippen LogP contribution in [0.1, 0.15) is 9.67 Å². The zero-order valence-electron chi connectivity index (χ0n) is 13.0. The molecule has 1 N–H and O–H groups in total. The lowest BCUT2D eigenvalue weighted by molar-refractivity contribution is 0.0997. The molecule has 0 unspecified atom stereocenters. The normalized spacial score (nSPS) is 10.9. The monoisotopic (exact) mass is 381 g/mol. The first kappa shape index (κ1) is 17.4. The van der Waals surface area contributed by atoms with E-state index in [1.54, 1.807) is 24.6 Å². The van der Waals surface area contributed by atoms with Crippen LogP contribution in [0.3, 0.4) is 0 Å². The Hall–Kier alpha value is -2.46. The molecule has 0 fully saturated rings. The molecular formula is C15H13F2N5OS2. The van der Waals surface area contributed by atoms with Crippen LogP contribution in [0.5, 0.6) is 0 Å². The second-order valence-corrected chi connectivity index (χ2v) is 6.70. The number of amides is 1. The van der Waals surface area contributed by atoms with Gasteiger partial charge in [-0.1, -0.05) is 6.07 Å². The molecule has 0 radical (unpaired) electrons. The van der Waals surface area contributed by atoms with E-state index < -0.39 is 13.0 Å². The third-order valence-electron chi connectivity index (χ3n) is 3.18. The maximum atomic E-state index is 12.4. The first-order valence-corrected chi connectivity index (χ1v) is 8.92. The van der Waals surface area contributed by atoms with Gasteiger partial charge in [0.05, 0.1) is 17.1 Å². The minimum Gasteiger partial charge on any atom is -0.364 e. The molecule has 6 nitrogen and oxygen atoms in total. The van der Waals surface area contributed by atoms with Gasteiger partial charge in [-0.25, -0.2) is 23.7 Å². The molecule has 25 heavy (non-hydrogen) atoms. The second kappa shape index (κ2) is 7.62. The van der Waals surface area contributed by atoms with Crippen LogP contribution in [0.25, 0.3) is 11.4 Å². The van der Waals surface area contributed by atoms with Gasteiger partial charge in [0, 0.05) is 18.5 Å². The van der Waals surface area contributed by atoms with Gasteiger partial charge in [0.2, 0.25) is 0 Å². The Morgan fingerprint density at radius 3 is 2.88 bits per heavy atom. The third kappa shape index (κ3) is 4.15. The molecule has 0 aliphatic heterocycles. The van der Waals surface area contributed by atoms with Crippen LogP contribution in [-0.2, 0) is 0 Å². The highest BCUT2D eigenvalue weighted by molar-refractivity contribution is 7.14. The molecule has 0 aromatic carbocycles. The molecule has 3 aromatic heterocycles. The predicted molar refractivity (Wildman–Crippen MR) is 94.7 cm³/mol. The first-order valence-electron chi connectivity index (χ1n) is 7.16. The summed E-state index contributed by atoms with van der Waals surface area (Å²) in [5.41, 5.74) is 1.04. The fourth-order valence-electron chi connectivity index (χ4n) is 1.96. The number of rotatable bonds is 6. The summed E-state index contributed by atoms with van der Waals surface area (Å²) in [7, 11) is 1.65. The van der Waals surface area contributed by atoms with Crippen molar-refractivity contribution in [1.29, 1.82) is 0 Å². The number of alkyl halides is 2. The topological polar surface area (TPSA) is 71.0 Å². The van der Waals surface area contributed by atoms with Gasteiger partial charge in [-0.2, -0.15) is 0 Å². The summed E-state index contributed by atoms with van der Waals surface area (Å²) in [6.07, 6.45) is -1.19. The Morgan fingerprint density at radius 2 is 2.16 bits per heavy atom. The molecule has 0 aliphatic rings. The Balaban J connectivity index is 1.77. The second-order valence-electron chi connectivity index (χ2n) is 4.92. The molecule has 0 saturated carbocycles. The summed E-state index contributed by atoms with van der Waals surface area (Å²) in [6.45, 7) is -0.489. The third-order valence-corrected chi connectivity index (χ3v) is 4.96. The van der Waals surface area contributed by atoms with Crippen molar-refractivity contribution in [3.63, 3.8) is 0 Å². The quantitative estimate of drug-likeness (QED) is 0.706. The van der Waals surface area contributed by atoms with Gasteiger partial charge in [0.25, 0.3) is 12.3 Å². The Morgan fingerprint density at radius 1 is 1.32 bits per heavy atom. The number of thiazole rings is 1. The van der Waals surface area contributed by atoms with E-state index >= 15 is 0 Å². The van der Waals surface area contributed by atoms with Gasteiger partial charge in [-0.05, 0) is 11.4 Å². The summed E-state index contributed by atoms with van der Waals surface area (Å²) in [4.78, 5) is 26.9. The number of carbonyl (C=O) groups excluding carboxylic acids is 1. The average molecular weight is 381 g/mol. The van der Waals surface area contributed by atoms with Crippen LogP contribution in [0.15, 0.2) is 35.3 Å².